The van der Waals surface area contributed by atoms with E-state index in [1.807, 2.05) is 72.8 Å². The molecule has 0 aliphatic rings. The van der Waals surface area contributed by atoms with E-state index in [-0.39, 0.29) is 17.6 Å². The van der Waals surface area contributed by atoms with Crippen molar-refractivity contribution in [2.75, 3.05) is 19.8 Å². The second-order valence-electron chi connectivity index (χ2n) is 15.5. The van der Waals surface area contributed by atoms with Gasteiger partial charge in [-0.15, -0.1) is 23.5 Å². The van der Waals surface area contributed by atoms with Crippen molar-refractivity contribution in [3.63, 3.8) is 0 Å². The highest BCUT2D eigenvalue weighted by Gasteiger charge is 2.47. The third kappa shape index (κ3) is 26.4. The van der Waals surface area contributed by atoms with Gasteiger partial charge in [0, 0.05) is 27.3 Å². The number of carbonyl (C=O) groups is 2. The van der Waals surface area contributed by atoms with Crippen molar-refractivity contribution in [1.29, 1.82) is 0 Å². The van der Waals surface area contributed by atoms with Crippen LogP contribution in [-0.2, 0) is 35.3 Å². The van der Waals surface area contributed by atoms with Crippen LogP contribution in [0.4, 0.5) is 0 Å². The number of hydrogen-bond donors (Lipinski definition) is 0. The lowest BCUT2D eigenvalue weighted by Crippen LogP contribution is -2.44. The Morgan fingerprint density at radius 2 is 0.770 bits per heavy atom. The highest BCUT2D eigenvalue weighted by molar-refractivity contribution is 8.47. The van der Waals surface area contributed by atoms with Gasteiger partial charge in [-0.25, -0.2) is 9.59 Å². The predicted octanol–water partition coefficient (Wildman–Crippen LogP) is 18.2. The minimum absolute atomic E-state index is 0.112. The van der Waals surface area contributed by atoms with Crippen LogP contribution in [0.15, 0.2) is 182 Å². The molecular formula is C58H64O6S10. The van der Waals surface area contributed by atoms with Gasteiger partial charge in [0.1, 0.15) is 12.8 Å². The quantitative estimate of drug-likeness (QED) is 0.0494. The molecule has 392 valence electrons. The summed E-state index contributed by atoms with van der Waals surface area (Å²) in [5.41, 5.74) is 6.55. The summed E-state index contributed by atoms with van der Waals surface area (Å²) in [4.78, 5) is 23.7. The van der Waals surface area contributed by atoms with Crippen LogP contribution in [0.25, 0.3) is 0 Å². The van der Waals surface area contributed by atoms with Gasteiger partial charge >= 0.3 is 11.9 Å². The highest BCUT2D eigenvalue weighted by atomic mass is 32.2. The maximum absolute atomic E-state index is 11.9. The van der Waals surface area contributed by atoms with Crippen LogP contribution in [0.3, 0.4) is 0 Å². The van der Waals surface area contributed by atoms with E-state index in [1.54, 1.807) is 79.6 Å². The largest absolute Gasteiger partial charge is 0.479 e. The number of thioether (sulfide) groups is 6. The molecule has 0 aliphatic heterocycles. The lowest BCUT2D eigenvalue weighted by molar-refractivity contribution is -0.157. The van der Waals surface area contributed by atoms with E-state index in [9.17, 15) is 9.59 Å². The summed E-state index contributed by atoms with van der Waals surface area (Å²) < 4.78 is 21.6. The smallest absolute Gasteiger partial charge is 0.334 e. The Kier molecular flexibility index (Phi) is 33.1. The fraction of sp³-hybridized carbons (Fsp3) is 0.276. The van der Waals surface area contributed by atoms with E-state index in [1.165, 1.54) is 34.7 Å². The average molecular weight is 1180 g/mol. The van der Waals surface area contributed by atoms with Gasteiger partial charge in [0.15, 0.2) is 0 Å². The van der Waals surface area contributed by atoms with Crippen LogP contribution >= 0.6 is 119 Å². The van der Waals surface area contributed by atoms with Gasteiger partial charge < -0.3 is 18.9 Å². The van der Waals surface area contributed by atoms with E-state index in [2.05, 4.69) is 130 Å². The summed E-state index contributed by atoms with van der Waals surface area (Å²) in [6.07, 6.45) is 0. The molecule has 3 unspecified atom stereocenters. The molecule has 0 N–H and O–H groups in total. The van der Waals surface area contributed by atoms with Gasteiger partial charge in [-0.3, -0.25) is 0 Å². The van der Waals surface area contributed by atoms with E-state index in [0.717, 1.165) is 36.1 Å². The van der Waals surface area contributed by atoms with Crippen LogP contribution in [0.2, 0.25) is 0 Å². The normalized spacial score (nSPS) is 11.7. The molecule has 74 heavy (non-hydrogen) atoms. The standard InChI is InChI=1S/C17H18S3.C15H14OS2.C15H14S3.C11H18O5S2/c1-13(15-9-5-3-6-10-15)19-17(18)20-14(2)16-11-7-4-8-12-16;1-12(13-8-4-2-5-9-13)18-15(17)16-14-10-6-3-7-11-14;16-15(17-11-13-7-3-1-4-8-13)18-12-14-9-5-2-6-10-14;1-5-14-8(12)11(4,9(13)15-6-2)18-10(17)16-7-3/h3-14H,1-2H3;2-12H,1H3;1-10H,11-12H2;5-7H2,1-4H3. The number of rotatable bonds is 17. The third-order valence-corrected chi connectivity index (χ3v) is 18.1. The predicted molar refractivity (Wildman–Crippen MR) is 341 cm³/mol. The van der Waals surface area contributed by atoms with Gasteiger partial charge in [0.05, 0.1) is 19.8 Å². The van der Waals surface area contributed by atoms with Crippen LogP contribution in [0, 0.1) is 0 Å². The molecule has 0 saturated heterocycles. The van der Waals surface area contributed by atoms with Crippen molar-refractivity contribution in [2.24, 2.45) is 0 Å². The van der Waals surface area contributed by atoms with Crippen molar-refractivity contribution in [1.82, 2.24) is 0 Å². The minimum atomic E-state index is -1.53. The molecule has 6 aromatic carbocycles. The molecular weight excluding hydrogens is 1110 g/mol. The van der Waals surface area contributed by atoms with Crippen LogP contribution in [0.5, 0.6) is 5.75 Å². The monoisotopic (exact) mass is 1180 g/mol. The molecule has 6 aromatic rings. The molecule has 0 aliphatic carbocycles. The molecule has 0 heterocycles. The van der Waals surface area contributed by atoms with Gasteiger partial charge in [-0.1, -0.05) is 230 Å². The third-order valence-electron chi connectivity index (χ3n) is 9.85. The fourth-order valence-corrected chi connectivity index (χ4v) is 13.7. The van der Waals surface area contributed by atoms with Crippen molar-refractivity contribution < 1.29 is 28.5 Å². The van der Waals surface area contributed by atoms with Crippen molar-refractivity contribution in [3.8, 4) is 5.75 Å². The minimum Gasteiger partial charge on any atom is -0.479 e. The fourth-order valence-electron chi connectivity index (χ4n) is 5.94. The lowest BCUT2D eigenvalue weighted by Gasteiger charge is -2.24. The first-order chi connectivity index (χ1) is 35.7. The van der Waals surface area contributed by atoms with Gasteiger partial charge in [-0.05, 0) is 125 Å². The molecule has 16 heteroatoms. The molecule has 0 saturated carbocycles. The molecule has 0 bridgehead atoms. The number of thiocarbonyl (C=S) groups is 4. The molecule has 0 spiro atoms. The number of ether oxygens (including phenoxy) is 4. The van der Waals surface area contributed by atoms with Crippen LogP contribution in [0.1, 0.15) is 92.0 Å². The summed E-state index contributed by atoms with van der Waals surface area (Å²) in [5, 5.41) is 1.10. The molecule has 0 aromatic heterocycles. The summed E-state index contributed by atoms with van der Waals surface area (Å²) in [6.45, 7) is 13.8. The van der Waals surface area contributed by atoms with Crippen molar-refractivity contribution in [2.45, 2.75) is 80.5 Å². The number of esters is 2. The summed E-state index contributed by atoms with van der Waals surface area (Å²) in [6, 6.07) is 61.8. The molecule has 0 fully saturated rings. The summed E-state index contributed by atoms with van der Waals surface area (Å²) >= 11 is 30.5. The number of hydrogen-bond acceptors (Lipinski definition) is 16. The second-order valence-corrected chi connectivity index (χ2v) is 26.5. The topological polar surface area (TPSA) is 71.1 Å². The first kappa shape index (κ1) is 64.6. The molecule has 0 radical (unpaired) electrons. The number of benzene rings is 6. The first-order valence-electron chi connectivity index (χ1n) is 23.7. The maximum atomic E-state index is 11.9. The average Bonchev–Trinajstić information content (AvgIpc) is 3.42. The van der Waals surface area contributed by atoms with E-state index in [0.29, 0.717) is 26.7 Å². The molecule has 3 atom stereocenters. The van der Waals surface area contributed by atoms with Crippen LogP contribution in [-0.4, -0.2) is 52.3 Å². The Labute approximate surface area is 487 Å². The highest BCUT2D eigenvalue weighted by Crippen LogP contribution is 2.39. The van der Waals surface area contributed by atoms with Gasteiger partial charge in [-0.2, -0.15) is 0 Å². The lowest BCUT2D eigenvalue weighted by atomic mass is 10.2. The van der Waals surface area contributed by atoms with Crippen LogP contribution < -0.4 is 4.74 Å². The first-order valence-corrected chi connectivity index (χ1v) is 30.8. The Bertz CT molecular complexity index is 2430. The van der Waals surface area contributed by atoms with Gasteiger partial charge in [0.25, 0.3) is 0 Å². The molecule has 6 nitrogen and oxygen atoms in total. The van der Waals surface area contributed by atoms with Crippen molar-refractivity contribution in [3.05, 3.63) is 210 Å². The summed E-state index contributed by atoms with van der Waals surface area (Å²) in [7, 11) is 0. The zero-order valence-electron chi connectivity index (χ0n) is 42.6. The number of para-hydroxylation sites is 1. The molecule has 6 rings (SSSR count). The Balaban J connectivity index is 0.000000260. The molecule has 0 amide bonds. The Hall–Kier alpha value is -3.68. The number of carbonyl (C=O) groups excluding carboxylic acids is 2. The van der Waals surface area contributed by atoms with E-state index < -0.39 is 16.7 Å². The van der Waals surface area contributed by atoms with Gasteiger partial charge in [0.2, 0.25) is 13.5 Å². The second kappa shape index (κ2) is 38.0. The van der Waals surface area contributed by atoms with Crippen molar-refractivity contribution >= 4 is 147 Å². The summed E-state index contributed by atoms with van der Waals surface area (Å²) in [5.74, 6) is 1.34. The van der Waals surface area contributed by atoms with E-state index >= 15 is 0 Å². The zero-order chi connectivity index (χ0) is 54.0. The van der Waals surface area contributed by atoms with E-state index in [4.69, 9.17) is 67.8 Å². The Morgan fingerprint density at radius 3 is 1.12 bits per heavy atom. The SMILES string of the molecule is CC(SC(=S)Oc1ccccc1)c1ccccc1.CC(SC(=S)SC(C)c1ccccc1)c1ccccc1.CCOC(=O)C(C)(SC(=S)OCC)C(=O)OCC.S=C(SCc1ccccc1)SCc1ccccc1. The maximum Gasteiger partial charge on any atom is 0.334 e. The zero-order valence-corrected chi connectivity index (χ0v) is 50.8. The Morgan fingerprint density at radius 1 is 0.446 bits per heavy atom.